The summed E-state index contributed by atoms with van der Waals surface area (Å²) < 4.78 is 3.20. The van der Waals surface area contributed by atoms with Crippen molar-refractivity contribution in [3.63, 3.8) is 0 Å². The van der Waals surface area contributed by atoms with E-state index in [1.165, 1.54) is 10.9 Å². The highest BCUT2D eigenvalue weighted by atomic mass is 35.5. The Bertz CT molecular complexity index is 525. The molecule has 2 heterocycles. The first kappa shape index (κ1) is 11.8. The predicted molar refractivity (Wildman–Crippen MR) is 62.9 cm³/mol. The Morgan fingerprint density at radius 3 is 2.94 bits per heavy atom. The third-order valence-electron chi connectivity index (χ3n) is 2.36. The first-order valence-electron chi connectivity index (χ1n) is 5.07. The minimum Gasteiger partial charge on any atom is -0.335 e. The second kappa shape index (κ2) is 4.68. The zero-order valence-corrected chi connectivity index (χ0v) is 10.1. The molecule has 7 heteroatoms. The SMILES string of the molecule is Cn1ncc(Cl)c1C(=O)c1cn(CCN)cn1. The van der Waals surface area contributed by atoms with Crippen LogP contribution < -0.4 is 5.73 Å². The number of carbonyl (C=O) groups is 1. The molecular formula is C10H12ClN5O. The minimum absolute atomic E-state index is 0.245. The van der Waals surface area contributed by atoms with Crippen LogP contribution in [0.25, 0.3) is 0 Å². The third-order valence-corrected chi connectivity index (χ3v) is 2.64. The number of nitrogens with zero attached hydrogens (tertiary/aromatic N) is 4. The number of hydrogen-bond donors (Lipinski definition) is 1. The summed E-state index contributed by atoms with van der Waals surface area (Å²) in [7, 11) is 1.66. The Labute approximate surface area is 103 Å². The topological polar surface area (TPSA) is 78.7 Å². The van der Waals surface area contributed by atoms with Crippen molar-refractivity contribution in [2.24, 2.45) is 12.8 Å². The maximum absolute atomic E-state index is 12.1. The maximum atomic E-state index is 12.1. The van der Waals surface area contributed by atoms with E-state index in [2.05, 4.69) is 10.1 Å². The van der Waals surface area contributed by atoms with E-state index in [0.717, 1.165) is 0 Å². The van der Waals surface area contributed by atoms with Gasteiger partial charge < -0.3 is 10.3 Å². The molecule has 0 unspecified atom stereocenters. The molecule has 0 saturated carbocycles. The normalized spacial score (nSPS) is 10.8. The Morgan fingerprint density at radius 2 is 2.35 bits per heavy atom. The Morgan fingerprint density at radius 1 is 1.59 bits per heavy atom. The minimum atomic E-state index is -0.245. The van der Waals surface area contributed by atoms with E-state index in [0.29, 0.717) is 29.5 Å². The molecule has 0 bridgehead atoms. The van der Waals surface area contributed by atoms with Gasteiger partial charge in [-0.1, -0.05) is 11.6 Å². The van der Waals surface area contributed by atoms with Crippen LogP contribution in [-0.2, 0) is 13.6 Å². The van der Waals surface area contributed by atoms with Crippen LogP contribution in [0, 0.1) is 0 Å². The lowest BCUT2D eigenvalue weighted by Crippen LogP contribution is -2.10. The van der Waals surface area contributed by atoms with Crippen molar-refractivity contribution in [1.29, 1.82) is 0 Å². The molecule has 0 aliphatic carbocycles. The van der Waals surface area contributed by atoms with Gasteiger partial charge in [-0.15, -0.1) is 0 Å². The van der Waals surface area contributed by atoms with Crippen LogP contribution in [0.5, 0.6) is 0 Å². The Hall–Kier alpha value is -1.66. The van der Waals surface area contributed by atoms with Gasteiger partial charge in [-0.3, -0.25) is 9.48 Å². The number of halogens is 1. The molecule has 2 rings (SSSR count). The summed E-state index contributed by atoms with van der Waals surface area (Å²) in [5.74, 6) is -0.245. The Kier molecular flexibility index (Phi) is 3.26. The Balaban J connectivity index is 2.31. The van der Waals surface area contributed by atoms with E-state index in [4.69, 9.17) is 17.3 Å². The van der Waals surface area contributed by atoms with Gasteiger partial charge >= 0.3 is 0 Å². The highest BCUT2D eigenvalue weighted by molar-refractivity contribution is 6.34. The van der Waals surface area contributed by atoms with Crippen LogP contribution in [0.3, 0.4) is 0 Å². The number of aromatic nitrogens is 4. The molecule has 0 aromatic carbocycles. The lowest BCUT2D eigenvalue weighted by Gasteiger charge is -1.99. The molecule has 0 atom stereocenters. The summed E-state index contributed by atoms with van der Waals surface area (Å²) in [4.78, 5) is 16.1. The van der Waals surface area contributed by atoms with Crippen molar-refractivity contribution in [3.05, 3.63) is 35.1 Å². The smallest absolute Gasteiger partial charge is 0.232 e. The number of rotatable bonds is 4. The fourth-order valence-corrected chi connectivity index (χ4v) is 1.79. The van der Waals surface area contributed by atoms with Gasteiger partial charge in [0.05, 0.1) is 17.5 Å². The van der Waals surface area contributed by atoms with Crippen LogP contribution in [0.15, 0.2) is 18.7 Å². The van der Waals surface area contributed by atoms with E-state index < -0.39 is 0 Å². The van der Waals surface area contributed by atoms with Gasteiger partial charge in [0.1, 0.15) is 11.4 Å². The van der Waals surface area contributed by atoms with Gasteiger partial charge in [-0.05, 0) is 0 Å². The zero-order valence-electron chi connectivity index (χ0n) is 9.30. The number of nitrogens with two attached hydrogens (primary N) is 1. The van der Waals surface area contributed by atoms with Gasteiger partial charge in [-0.25, -0.2) is 4.98 Å². The van der Waals surface area contributed by atoms with Crippen molar-refractivity contribution in [2.75, 3.05) is 6.54 Å². The molecule has 6 nitrogen and oxygen atoms in total. The fourth-order valence-electron chi connectivity index (χ4n) is 1.54. The van der Waals surface area contributed by atoms with Crippen LogP contribution >= 0.6 is 11.6 Å². The van der Waals surface area contributed by atoms with E-state index in [1.807, 2.05) is 0 Å². The average molecular weight is 254 g/mol. The van der Waals surface area contributed by atoms with Gasteiger partial charge in [0, 0.05) is 26.3 Å². The van der Waals surface area contributed by atoms with Gasteiger partial charge in [0.15, 0.2) is 0 Å². The van der Waals surface area contributed by atoms with Crippen molar-refractivity contribution in [3.8, 4) is 0 Å². The molecule has 90 valence electrons. The first-order valence-corrected chi connectivity index (χ1v) is 5.45. The number of hydrogen-bond acceptors (Lipinski definition) is 4. The van der Waals surface area contributed by atoms with E-state index in [1.54, 1.807) is 24.1 Å². The van der Waals surface area contributed by atoms with Gasteiger partial charge in [0.2, 0.25) is 5.78 Å². The fraction of sp³-hybridized carbons (Fsp3) is 0.300. The summed E-state index contributed by atoms with van der Waals surface area (Å²) in [6, 6.07) is 0. The second-order valence-electron chi connectivity index (χ2n) is 3.58. The van der Waals surface area contributed by atoms with Crippen molar-refractivity contribution < 1.29 is 4.79 Å². The lowest BCUT2D eigenvalue weighted by atomic mass is 10.2. The first-order chi connectivity index (χ1) is 8.13. The maximum Gasteiger partial charge on any atom is 0.232 e. The summed E-state index contributed by atoms with van der Waals surface area (Å²) in [6.07, 6.45) is 4.66. The third kappa shape index (κ3) is 2.22. The molecule has 17 heavy (non-hydrogen) atoms. The highest BCUT2D eigenvalue weighted by Crippen LogP contribution is 2.17. The summed E-state index contributed by atoms with van der Waals surface area (Å²) >= 11 is 5.90. The predicted octanol–water partition coefficient (Wildman–Crippen LogP) is 0.460. The van der Waals surface area contributed by atoms with Crippen LogP contribution in [0.2, 0.25) is 5.02 Å². The summed E-state index contributed by atoms with van der Waals surface area (Å²) in [5, 5.41) is 4.24. The largest absolute Gasteiger partial charge is 0.335 e. The van der Waals surface area contributed by atoms with Crippen LogP contribution in [-0.4, -0.2) is 31.7 Å². The second-order valence-corrected chi connectivity index (χ2v) is 3.99. The molecule has 2 N–H and O–H groups in total. The lowest BCUT2D eigenvalue weighted by molar-refractivity contribution is 0.102. The standard InChI is InChI=1S/C10H12ClN5O/c1-15-9(7(11)4-14-15)10(17)8-5-16(3-2-12)6-13-8/h4-6H,2-3,12H2,1H3. The molecule has 0 saturated heterocycles. The zero-order chi connectivity index (χ0) is 12.4. The molecule has 2 aromatic rings. The molecule has 0 fully saturated rings. The highest BCUT2D eigenvalue weighted by Gasteiger charge is 2.19. The quantitative estimate of drug-likeness (QED) is 0.803. The molecule has 0 aliphatic rings. The summed E-state index contributed by atoms with van der Waals surface area (Å²) in [5.41, 5.74) is 6.09. The van der Waals surface area contributed by atoms with E-state index in [-0.39, 0.29) is 5.78 Å². The summed E-state index contributed by atoms with van der Waals surface area (Å²) in [6.45, 7) is 1.12. The number of aryl methyl sites for hydroxylation is 1. The number of carbonyl (C=O) groups excluding carboxylic acids is 1. The molecule has 0 aliphatic heterocycles. The molecule has 0 amide bonds. The van der Waals surface area contributed by atoms with Crippen LogP contribution in [0.4, 0.5) is 0 Å². The average Bonchev–Trinajstić information content (AvgIpc) is 2.87. The van der Waals surface area contributed by atoms with Gasteiger partial charge in [-0.2, -0.15) is 5.10 Å². The van der Waals surface area contributed by atoms with Gasteiger partial charge in [0.25, 0.3) is 0 Å². The number of imidazole rings is 1. The molecular weight excluding hydrogens is 242 g/mol. The van der Waals surface area contributed by atoms with Crippen LogP contribution in [0.1, 0.15) is 16.2 Å². The molecule has 0 spiro atoms. The van der Waals surface area contributed by atoms with Crippen molar-refractivity contribution in [2.45, 2.75) is 6.54 Å². The van der Waals surface area contributed by atoms with E-state index in [9.17, 15) is 4.79 Å². The van der Waals surface area contributed by atoms with Crippen molar-refractivity contribution >= 4 is 17.4 Å². The van der Waals surface area contributed by atoms with E-state index >= 15 is 0 Å². The number of ketones is 1. The molecule has 2 aromatic heterocycles. The molecule has 0 radical (unpaired) electrons. The monoisotopic (exact) mass is 253 g/mol. The van der Waals surface area contributed by atoms with Crippen molar-refractivity contribution in [1.82, 2.24) is 19.3 Å².